The first-order chi connectivity index (χ1) is 8.39. The third-order valence-electron chi connectivity index (χ3n) is 3.79. The van der Waals surface area contributed by atoms with Gasteiger partial charge in [0.25, 0.3) is 0 Å². The first-order valence-electron chi connectivity index (χ1n) is 6.65. The molecule has 1 rings (SSSR count). The Kier molecular flexibility index (Phi) is 5.14. The van der Waals surface area contributed by atoms with E-state index in [-0.39, 0.29) is 17.5 Å². The van der Waals surface area contributed by atoms with Crippen LogP contribution in [-0.4, -0.2) is 46.4 Å². The van der Waals surface area contributed by atoms with Crippen LogP contribution in [0.2, 0.25) is 0 Å². The molecule has 0 aromatic carbocycles. The van der Waals surface area contributed by atoms with Gasteiger partial charge in [0, 0.05) is 31.5 Å². The zero-order valence-corrected chi connectivity index (χ0v) is 11.9. The molecule has 1 heterocycles. The summed E-state index contributed by atoms with van der Waals surface area (Å²) in [6, 6.07) is -0.129. The molecule has 0 aromatic rings. The van der Waals surface area contributed by atoms with Crippen molar-refractivity contribution in [1.29, 1.82) is 0 Å². The van der Waals surface area contributed by atoms with Crippen LogP contribution in [0.5, 0.6) is 0 Å². The molecule has 1 aliphatic rings. The number of rotatable bonds is 4. The molecule has 0 bridgehead atoms. The SMILES string of the molecule is CCC(C)(C)NC(=O)C(C)N1CCC(=NO)CC1. The van der Waals surface area contributed by atoms with Crippen molar-refractivity contribution in [1.82, 2.24) is 10.2 Å². The lowest BCUT2D eigenvalue weighted by atomic mass is 10.0. The minimum absolute atomic E-state index is 0.0752. The van der Waals surface area contributed by atoms with Gasteiger partial charge in [0.15, 0.2) is 0 Å². The summed E-state index contributed by atoms with van der Waals surface area (Å²) in [5, 5.41) is 15.0. The van der Waals surface area contributed by atoms with Crippen LogP contribution in [0.25, 0.3) is 0 Å². The van der Waals surface area contributed by atoms with E-state index in [2.05, 4.69) is 22.3 Å². The number of carbonyl (C=O) groups is 1. The first-order valence-corrected chi connectivity index (χ1v) is 6.65. The Hall–Kier alpha value is -1.10. The molecule has 0 radical (unpaired) electrons. The normalized spacial score (nSPS) is 19.4. The topological polar surface area (TPSA) is 64.9 Å². The molecule has 0 aliphatic carbocycles. The van der Waals surface area contributed by atoms with E-state index in [0.29, 0.717) is 0 Å². The van der Waals surface area contributed by atoms with E-state index in [1.807, 2.05) is 20.8 Å². The van der Waals surface area contributed by atoms with E-state index in [1.165, 1.54) is 0 Å². The lowest BCUT2D eigenvalue weighted by Gasteiger charge is -2.34. The number of likely N-dealkylation sites (tertiary alicyclic amines) is 1. The Bertz CT molecular complexity index is 316. The summed E-state index contributed by atoms with van der Waals surface area (Å²) in [5.41, 5.74) is 0.673. The van der Waals surface area contributed by atoms with Gasteiger partial charge in [-0.2, -0.15) is 0 Å². The first kappa shape index (κ1) is 15.0. The van der Waals surface area contributed by atoms with E-state index in [1.54, 1.807) is 0 Å². The van der Waals surface area contributed by atoms with Crippen molar-refractivity contribution in [3.8, 4) is 0 Å². The lowest BCUT2D eigenvalue weighted by molar-refractivity contribution is -0.127. The van der Waals surface area contributed by atoms with E-state index >= 15 is 0 Å². The molecule has 1 amide bonds. The summed E-state index contributed by atoms with van der Waals surface area (Å²) < 4.78 is 0. The maximum Gasteiger partial charge on any atom is 0.237 e. The molecule has 1 unspecified atom stereocenters. The number of nitrogens with zero attached hydrogens (tertiary/aromatic N) is 2. The third-order valence-corrected chi connectivity index (χ3v) is 3.79. The summed E-state index contributed by atoms with van der Waals surface area (Å²) in [5.74, 6) is 0.0752. The molecule has 0 spiro atoms. The van der Waals surface area contributed by atoms with Gasteiger partial charge in [-0.3, -0.25) is 9.69 Å². The van der Waals surface area contributed by atoms with Gasteiger partial charge in [-0.15, -0.1) is 0 Å². The predicted molar refractivity (Wildman–Crippen MR) is 72.0 cm³/mol. The number of amides is 1. The molecule has 1 aliphatic heterocycles. The van der Waals surface area contributed by atoms with Crippen LogP contribution in [0.4, 0.5) is 0 Å². The van der Waals surface area contributed by atoms with Crippen molar-refractivity contribution in [2.75, 3.05) is 13.1 Å². The monoisotopic (exact) mass is 255 g/mol. The Balaban J connectivity index is 2.50. The fourth-order valence-corrected chi connectivity index (χ4v) is 1.96. The zero-order chi connectivity index (χ0) is 13.8. The fourth-order valence-electron chi connectivity index (χ4n) is 1.96. The molecule has 104 valence electrons. The minimum Gasteiger partial charge on any atom is -0.411 e. The van der Waals surface area contributed by atoms with Crippen molar-refractivity contribution >= 4 is 11.6 Å². The summed E-state index contributed by atoms with van der Waals surface area (Å²) in [6.07, 6.45) is 2.39. The average Bonchev–Trinajstić information content (AvgIpc) is 2.37. The summed E-state index contributed by atoms with van der Waals surface area (Å²) in [6.45, 7) is 9.62. The van der Waals surface area contributed by atoms with Crippen molar-refractivity contribution in [2.45, 2.75) is 58.5 Å². The van der Waals surface area contributed by atoms with Gasteiger partial charge in [0.1, 0.15) is 0 Å². The highest BCUT2D eigenvalue weighted by atomic mass is 16.4. The molecule has 18 heavy (non-hydrogen) atoms. The number of oxime groups is 1. The van der Waals surface area contributed by atoms with Gasteiger partial charge < -0.3 is 10.5 Å². The second-order valence-corrected chi connectivity index (χ2v) is 5.60. The highest BCUT2D eigenvalue weighted by Crippen LogP contribution is 2.13. The van der Waals surface area contributed by atoms with E-state index in [0.717, 1.165) is 38.1 Å². The minimum atomic E-state index is -0.154. The van der Waals surface area contributed by atoms with Crippen LogP contribution in [0.1, 0.15) is 47.0 Å². The standard InChI is InChI=1S/C13H25N3O2/c1-5-13(3,4)14-12(17)10(2)16-8-6-11(15-18)7-9-16/h10,18H,5-9H2,1-4H3,(H,14,17). The van der Waals surface area contributed by atoms with Gasteiger partial charge in [-0.05, 0) is 27.2 Å². The van der Waals surface area contributed by atoms with Crippen molar-refractivity contribution < 1.29 is 10.0 Å². The van der Waals surface area contributed by atoms with Crippen molar-refractivity contribution in [3.63, 3.8) is 0 Å². The van der Waals surface area contributed by atoms with Gasteiger partial charge in [-0.25, -0.2) is 0 Å². The quantitative estimate of drug-likeness (QED) is 0.592. The fraction of sp³-hybridized carbons (Fsp3) is 0.846. The Morgan fingerprint density at radius 3 is 2.50 bits per heavy atom. The van der Waals surface area contributed by atoms with Crippen LogP contribution >= 0.6 is 0 Å². The van der Waals surface area contributed by atoms with Crippen LogP contribution in [0, 0.1) is 0 Å². The molecular weight excluding hydrogens is 230 g/mol. The highest BCUT2D eigenvalue weighted by molar-refractivity contribution is 5.86. The molecule has 0 saturated carbocycles. The summed E-state index contributed by atoms with van der Waals surface area (Å²) in [4.78, 5) is 14.3. The van der Waals surface area contributed by atoms with Crippen LogP contribution in [0.3, 0.4) is 0 Å². The number of piperidine rings is 1. The van der Waals surface area contributed by atoms with Crippen LogP contribution in [-0.2, 0) is 4.79 Å². The Labute approximate surface area is 109 Å². The number of hydrogen-bond donors (Lipinski definition) is 2. The smallest absolute Gasteiger partial charge is 0.237 e. The second kappa shape index (κ2) is 6.18. The Morgan fingerprint density at radius 2 is 2.06 bits per heavy atom. The molecule has 1 saturated heterocycles. The maximum absolute atomic E-state index is 12.1. The predicted octanol–water partition coefficient (Wildman–Crippen LogP) is 1.61. The van der Waals surface area contributed by atoms with Crippen LogP contribution in [0.15, 0.2) is 5.16 Å². The maximum atomic E-state index is 12.1. The molecule has 0 aromatic heterocycles. The average molecular weight is 255 g/mol. The van der Waals surface area contributed by atoms with Crippen LogP contribution < -0.4 is 5.32 Å². The third kappa shape index (κ3) is 3.98. The van der Waals surface area contributed by atoms with Crippen molar-refractivity contribution in [3.05, 3.63) is 0 Å². The summed E-state index contributed by atoms with van der Waals surface area (Å²) in [7, 11) is 0. The largest absolute Gasteiger partial charge is 0.411 e. The highest BCUT2D eigenvalue weighted by Gasteiger charge is 2.27. The number of nitrogens with one attached hydrogen (secondary N) is 1. The van der Waals surface area contributed by atoms with E-state index in [4.69, 9.17) is 5.21 Å². The molecule has 5 heteroatoms. The van der Waals surface area contributed by atoms with Gasteiger partial charge in [0.05, 0.1) is 11.8 Å². The van der Waals surface area contributed by atoms with Gasteiger partial charge >= 0.3 is 0 Å². The molecule has 1 atom stereocenters. The lowest BCUT2D eigenvalue weighted by Crippen LogP contribution is -2.53. The number of hydrogen-bond acceptors (Lipinski definition) is 4. The van der Waals surface area contributed by atoms with E-state index in [9.17, 15) is 4.79 Å². The second-order valence-electron chi connectivity index (χ2n) is 5.60. The van der Waals surface area contributed by atoms with E-state index < -0.39 is 0 Å². The Morgan fingerprint density at radius 1 is 1.50 bits per heavy atom. The molecule has 5 nitrogen and oxygen atoms in total. The zero-order valence-electron chi connectivity index (χ0n) is 11.9. The molecule has 1 fully saturated rings. The van der Waals surface area contributed by atoms with Gasteiger partial charge in [0.2, 0.25) is 5.91 Å². The molecule has 2 N–H and O–H groups in total. The van der Waals surface area contributed by atoms with Crippen molar-refractivity contribution in [2.24, 2.45) is 5.16 Å². The van der Waals surface area contributed by atoms with Gasteiger partial charge in [-0.1, -0.05) is 12.1 Å². The molecular formula is C13H25N3O2. The number of carbonyl (C=O) groups excluding carboxylic acids is 1. The summed E-state index contributed by atoms with van der Waals surface area (Å²) >= 11 is 0.